The summed E-state index contributed by atoms with van der Waals surface area (Å²) < 4.78 is 12.7. The van der Waals surface area contributed by atoms with Crippen molar-refractivity contribution in [3.63, 3.8) is 0 Å². The summed E-state index contributed by atoms with van der Waals surface area (Å²) >= 11 is 0. The van der Waals surface area contributed by atoms with E-state index in [1.807, 2.05) is 38.1 Å². The summed E-state index contributed by atoms with van der Waals surface area (Å²) in [4.78, 5) is 56.2. The second kappa shape index (κ2) is 21.1. The molecular weight excluding hydrogens is 686 g/mol. The maximum absolute atomic E-state index is 14.4. The van der Waals surface area contributed by atoms with Crippen LogP contribution in [0.25, 0.3) is 0 Å². The van der Waals surface area contributed by atoms with E-state index in [0.29, 0.717) is 67.2 Å². The van der Waals surface area contributed by atoms with Gasteiger partial charge in [-0.2, -0.15) is 0 Å². The Hall–Kier alpha value is -4.94. The monoisotopic (exact) mass is 743 g/mol. The van der Waals surface area contributed by atoms with Crippen molar-refractivity contribution < 1.29 is 33.8 Å². The molecule has 4 amide bonds. The number of likely N-dealkylation sites (N-methyl/N-ethyl adjacent to an activating group) is 1. The first kappa shape index (κ1) is 41.8. The molecule has 0 unspecified atom stereocenters. The van der Waals surface area contributed by atoms with Crippen LogP contribution in [0.1, 0.15) is 92.9 Å². The zero-order valence-electron chi connectivity index (χ0n) is 32.1. The molecule has 5 N–H and O–H groups in total. The van der Waals surface area contributed by atoms with Gasteiger partial charge in [-0.3, -0.25) is 19.2 Å². The molecule has 3 aromatic rings. The largest absolute Gasteiger partial charge is 0.490 e. The number of aliphatic hydroxyl groups excluding tert-OH is 1. The number of anilines is 3. The number of benzene rings is 3. The highest BCUT2D eigenvalue weighted by molar-refractivity contribution is 6.00. The standard InChI is InChI=1S/C42H57N5O7/c1-29-26-47(30(2)28-48)42(52)34-25-33(44-39(49)20-9-6-10-21-40(50)45-36-19-12-11-18-35(36)43)22-23-37(34)54-31(3)15-13-14-24-53-38(29)27-46(4)41(51)32-16-7-5-8-17-32/h5,7-8,11-12,16-19,22-23,25,29-31,38,48H,6,9-10,13-15,20-21,24,26-28,43H2,1-4H3,(H,44,49)(H,45,50)/t29-,30+,31-,38-/m0/s1. The van der Waals surface area contributed by atoms with Gasteiger partial charge in [0.1, 0.15) is 5.75 Å². The average Bonchev–Trinajstić information content (AvgIpc) is 3.16. The molecule has 292 valence electrons. The molecule has 0 saturated heterocycles. The molecule has 12 nitrogen and oxygen atoms in total. The second-order valence-corrected chi connectivity index (χ2v) is 14.3. The van der Waals surface area contributed by atoms with E-state index in [1.165, 1.54) is 0 Å². The quantitative estimate of drug-likeness (QED) is 0.116. The third-order valence-corrected chi connectivity index (χ3v) is 9.70. The van der Waals surface area contributed by atoms with Gasteiger partial charge in [-0.15, -0.1) is 0 Å². The van der Waals surface area contributed by atoms with E-state index < -0.39 is 6.04 Å². The van der Waals surface area contributed by atoms with Gasteiger partial charge >= 0.3 is 0 Å². The van der Waals surface area contributed by atoms with Crippen LogP contribution in [-0.4, -0.2) is 90.1 Å². The molecule has 54 heavy (non-hydrogen) atoms. The number of nitrogen functional groups attached to an aromatic ring is 1. The van der Waals surface area contributed by atoms with E-state index in [1.54, 1.807) is 72.3 Å². The van der Waals surface area contributed by atoms with Crippen LogP contribution in [-0.2, 0) is 14.3 Å². The molecule has 0 aliphatic carbocycles. The fourth-order valence-electron chi connectivity index (χ4n) is 6.41. The molecule has 4 atom stereocenters. The number of rotatable bonds is 13. The van der Waals surface area contributed by atoms with Crippen LogP contribution in [0.3, 0.4) is 0 Å². The van der Waals surface area contributed by atoms with E-state index in [9.17, 15) is 24.3 Å². The summed E-state index contributed by atoms with van der Waals surface area (Å²) in [5.41, 5.74) is 8.32. The Morgan fingerprint density at radius 2 is 1.63 bits per heavy atom. The Labute approximate surface area is 319 Å². The van der Waals surface area contributed by atoms with E-state index >= 15 is 0 Å². The summed E-state index contributed by atoms with van der Waals surface area (Å²) in [6.45, 7) is 6.54. The number of amides is 4. The highest BCUT2D eigenvalue weighted by atomic mass is 16.5. The van der Waals surface area contributed by atoms with Gasteiger partial charge in [-0.05, 0) is 88.4 Å². The van der Waals surface area contributed by atoms with Crippen LogP contribution in [0, 0.1) is 5.92 Å². The van der Waals surface area contributed by atoms with Gasteiger partial charge in [0.2, 0.25) is 11.8 Å². The number of ether oxygens (including phenoxy) is 2. The van der Waals surface area contributed by atoms with Gasteiger partial charge < -0.3 is 40.7 Å². The predicted molar refractivity (Wildman–Crippen MR) is 211 cm³/mol. The third-order valence-electron chi connectivity index (χ3n) is 9.70. The first-order valence-electron chi connectivity index (χ1n) is 19.1. The van der Waals surface area contributed by atoms with E-state index in [0.717, 1.165) is 19.3 Å². The van der Waals surface area contributed by atoms with Crippen LogP contribution in [0.15, 0.2) is 72.8 Å². The summed E-state index contributed by atoms with van der Waals surface area (Å²) in [5.74, 6) is -0.596. The smallest absolute Gasteiger partial charge is 0.258 e. The van der Waals surface area contributed by atoms with Gasteiger partial charge in [0.15, 0.2) is 0 Å². The molecule has 1 aliphatic rings. The predicted octanol–water partition coefficient (Wildman–Crippen LogP) is 6.36. The topological polar surface area (TPSA) is 164 Å². The molecule has 0 aromatic heterocycles. The summed E-state index contributed by atoms with van der Waals surface area (Å²) in [6, 6.07) is 20.7. The van der Waals surface area contributed by atoms with Gasteiger partial charge in [0, 0.05) is 56.8 Å². The van der Waals surface area contributed by atoms with Gasteiger partial charge in [-0.25, -0.2) is 0 Å². The lowest BCUT2D eigenvalue weighted by atomic mass is 10.0. The van der Waals surface area contributed by atoms with Crippen LogP contribution in [0.4, 0.5) is 17.1 Å². The Kier molecular flexibility index (Phi) is 16.3. The van der Waals surface area contributed by atoms with Crippen molar-refractivity contribution >= 4 is 40.7 Å². The summed E-state index contributed by atoms with van der Waals surface area (Å²) in [6.07, 6.45) is 4.28. The number of fused-ring (bicyclic) bond motifs is 1. The first-order chi connectivity index (χ1) is 26.0. The number of para-hydroxylation sites is 2. The molecule has 12 heteroatoms. The van der Waals surface area contributed by atoms with Crippen molar-refractivity contribution in [3.8, 4) is 5.75 Å². The molecule has 4 rings (SSSR count). The number of nitrogens with one attached hydrogen (secondary N) is 2. The Bertz CT molecular complexity index is 1690. The van der Waals surface area contributed by atoms with Crippen LogP contribution >= 0.6 is 0 Å². The number of carbonyl (C=O) groups is 4. The average molecular weight is 744 g/mol. The van der Waals surface area contributed by atoms with Crippen molar-refractivity contribution in [3.05, 3.63) is 83.9 Å². The summed E-state index contributed by atoms with van der Waals surface area (Å²) in [5, 5.41) is 16.0. The summed E-state index contributed by atoms with van der Waals surface area (Å²) in [7, 11) is 1.75. The van der Waals surface area contributed by atoms with Crippen molar-refractivity contribution in [1.82, 2.24) is 9.80 Å². The van der Waals surface area contributed by atoms with Gasteiger partial charge in [0.25, 0.3) is 11.8 Å². The van der Waals surface area contributed by atoms with Gasteiger partial charge in [-0.1, -0.05) is 43.7 Å². The van der Waals surface area contributed by atoms with Gasteiger partial charge in [0.05, 0.1) is 41.8 Å². The lowest BCUT2D eigenvalue weighted by molar-refractivity contribution is -0.116. The maximum atomic E-state index is 14.4. The van der Waals surface area contributed by atoms with Crippen molar-refractivity contribution in [1.29, 1.82) is 0 Å². The van der Waals surface area contributed by atoms with Crippen LogP contribution < -0.4 is 21.1 Å². The fourth-order valence-corrected chi connectivity index (χ4v) is 6.41. The first-order valence-corrected chi connectivity index (χ1v) is 19.1. The molecule has 0 spiro atoms. The van der Waals surface area contributed by atoms with E-state index in [2.05, 4.69) is 10.6 Å². The number of carbonyl (C=O) groups excluding carboxylic acids is 4. The zero-order valence-corrected chi connectivity index (χ0v) is 32.1. The Morgan fingerprint density at radius 3 is 2.33 bits per heavy atom. The third kappa shape index (κ3) is 12.6. The number of unbranched alkanes of at least 4 members (excludes halogenated alkanes) is 2. The number of aliphatic hydroxyl groups is 1. The highest BCUT2D eigenvalue weighted by Crippen LogP contribution is 2.29. The van der Waals surface area contributed by atoms with Crippen molar-refractivity contribution in [2.45, 2.75) is 90.4 Å². The number of nitrogens with zero attached hydrogens (tertiary/aromatic N) is 2. The molecule has 0 fully saturated rings. The maximum Gasteiger partial charge on any atom is 0.258 e. The van der Waals surface area contributed by atoms with E-state index in [-0.39, 0.29) is 66.9 Å². The van der Waals surface area contributed by atoms with Crippen LogP contribution in [0.5, 0.6) is 5.75 Å². The lowest BCUT2D eigenvalue weighted by Gasteiger charge is -2.36. The normalized spacial score (nSPS) is 18.7. The number of nitrogens with two attached hydrogens (primary N) is 1. The lowest BCUT2D eigenvalue weighted by Crippen LogP contribution is -2.48. The van der Waals surface area contributed by atoms with Crippen molar-refractivity contribution in [2.75, 3.05) is 49.7 Å². The molecular formula is C42H57N5O7. The number of hydrogen-bond acceptors (Lipinski definition) is 8. The minimum atomic E-state index is -0.534. The minimum absolute atomic E-state index is 0.117. The molecule has 3 aromatic carbocycles. The molecule has 1 heterocycles. The van der Waals surface area contributed by atoms with Crippen LogP contribution in [0.2, 0.25) is 0 Å². The minimum Gasteiger partial charge on any atom is -0.490 e. The van der Waals surface area contributed by atoms with E-state index in [4.69, 9.17) is 15.2 Å². The van der Waals surface area contributed by atoms with Crippen molar-refractivity contribution in [2.24, 2.45) is 5.92 Å². The zero-order chi connectivity index (χ0) is 39.0. The Morgan fingerprint density at radius 1 is 0.944 bits per heavy atom. The molecule has 0 bridgehead atoms. The SMILES string of the molecule is C[C@H](CO)N1C[C@H](C)[C@H](CN(C)C(=O)c2ccccc2)OCCCC[C@H](C)Oc2ccc(NC(=O)CCCCCC(=O)Nc3ccccc3N)cc2C1=O. The Balaban J connectivity index is 1.44. The fraction of sp³-hybridized carbons (Fsp3) is 0.476. The molecule has 1 aliphatic heterocycles. The highest BCUT2D eigenvalue weighted by Gasteiger charge is 2.31. The second-order valence-electron chi connectivity index (χ2n) is 14.3. The number of hydrogen-bond donors (Lipinski definition) is 4. The molecule has 0 saturated carbocycles. The molecule has 0 radical (unpaired) electrons.